The number of pyridine rings is 1. The molecule has 5 rings (SSSR count). The number of morpholine rings is 1. The number of hydrogen-bond acceptors (Lipinski definition) is 5. The Labute approximate surface area is 177 Å². The molecule has 2 fully saturated rings. The molecule has 1 saturated heterocycles. The number of aromatic nitrogens is 3. The first-order valence-corrected chi connectivity index (χ1v) is 10.4. The van der Waals surface area contributed by atoms with E-state index in [2.05, 4.69) is 10.00 Å². The summed E-state index contributed by atoms with van der Waals surface area (Å²) in [5.74, 6) is -1.03. The number of halogens is 3. The summed E-state index contributed by atoms with van der Waals surface area (Å²) in [4.78, 5) is 21.1. The molecule has 0 N–H and O–H groups in total. The van der Waals surface area contributed by atoms with Crippen LogP contribution >= 0.6 is 0 Å². The van der Waals surface area contributed by atoms with Gasteiger partial charge in [0.15, 0.2) is 0 Å². The zero-order valence-corrected chi connectivity index (χ0v) is 17.4. The second kappa shape index (κ2) is 7.22. The minimum Gasteiger partial charge on any atom is -0.370 e. The lowest BCUT2D eigenvalue weighted by atomic mass is 9.71. The van der Waals surface area contributed by atoms with Gasteiger partial charge in [-0.25, -0.2) is 4.98 Å². The molecule has 0 bridgehead atoms. The molecule has 4 heterocycles. The van der Waals surface area contributed by atoms with Gasteiger partial charge >= 0.3 is 6.18 Å². The molecule has 166 valence electrons. The number of rotatable bonds is 3. The molecule has 10 heteroatoms. The Kier molecular flexibility index (Phi) is 4.72. The Morgan fingerprint density at radius 1 is 1.23 bits per heavy atom. The highest BCUT2D eigenvalue weighted by atomic mass is 19.4. The van der Waals surface area contributed by atoms with E-state index in [0.717, 1.165) is 11.1 Å². The molecule has 0 spiro atoms. The second-order valence-corrected chi connectivity index (χ2v) is 8.71. The van der Waals surface area contributed by atoms with Crippen LogP contribution in [0.5, 0.6) is 0 Å². The number of amides is 1. The van der Waals surface area contributed by atoms with E-state index in [0.29, 0.717) is 43.3 Å². The minimum atomic E-state index is -4.18. The Balaban J connectivity index is 1.45. The van der Waals surface area contributed by atoms with Crippen molar-refractivity contribution in [1.29, 1.82) is 0 Å². The SMILES string of the molecule is CN1Cc2c(cc(N3CCO[C@@H](c4cnn(C)c4)C3)nc2[C@H]2C[C@H](C(F)(F)F)C2)C1=O. The molecular formula is C21H24F3N5O2. The molecule has 1 saturated carbocycles. The molecule has 7 nitrogen and oxygen atoms in total. The first kappa shape index (κ1) is 20.3. The van der Waals surface area contributed by atoms with Gasteiger partial charge in [0, 0.05) is 57.0 Å². The Hall–Kier alpha value is -2.62. The number of hydrogen-bond donors (Lipinski definition) is 0. The van der Waals surface area contributed by atoms with Gasteiger partial charge < -0.3 is 14.5 Å². The van der Waals surface area contributed by atoms with Gasteiger partial charge in [0.05, 0.1) is 30.0 Å². The minimum absolute atomic E-state index is 0.0335. The average Bonchev–Trinajstić information content (AvgIpc) is 3.24. The van der Waals surface area contributed by atoms with Crippen molar-refractivity contribution in [1.82, 2.24) is 19.7 Å². The Morgan fingerprint density at radius 2 is 2.00 bits per heavy atom. The van der Waals surface area contributed by atoms with Crippen LogP contribution in [0.4, 0.5) is 19.0 Å². The molecule has 0 unspecified atom stereocenters. The zero-order chi connectivity index (χ0) is 21.9. The van der Waals surface area contributed by atoms with Gasteiger partial charge in [-0.1, -0.05) is 0 Å². The monoisotopic (exact) mass is 435 g/mol. The van der Waals surface area contributed by atoms with E-state index in [1.54, 1.807) is 28.9 Å². The molecular weight excluding hydrogens is 411 g/mol. The predicted molar refractivity (Wildman–Crippen MR) is 106 cm³/mol. The maximum Gasteiger partial charge on any atom is 0.391 e. The van der Waals surface area contributed by atoms with Crippen molar-refractivity contribution in [3.63, 3.8) is 0 Å². The van der Waals surface area contributed by atoms with Crippen molar-refractivity contribution in [2.75, 3.05) is 31.6 Å². The number of anilines is 1. The summed E-state index contributed by atoms with van der Waals surface area (Å²) in [5.41, 5.74) is 2.94. The third kappa shape index (κ3) is 3.56. The lowest BCUT2D eigenvalue weighted by Crippen LogP contribution is -2.39. The molecule has 0 radical (unpaired) electrons. The summed E-state index contributed by atoms with van der Waals surface area (Å²) in [6.07, 6.45) is -0.625. The molecule has 0 aromatic carbocycles. The van der Waals surface area contributed by atoms with Gasteiger partial charge in [-0.15, -0.1) is 0 Å². The molecule has 31 heavy (non-hydrogen) atoms. The van der Waals surface area contributed by atoms with Crippen LogP contribution in [0.1, 0.15) is 52.0 Å². The van der Waals surface area contributed by atoms with Crippen molar-refractivity contribution >= 4 is 11.7 Å². The van der Waals surface area contributed by atoms with Crippen LogP contribution in [0.15, 0.2) is 18.5 Å². The average molecular weight is 435 g/mol. The van der Waals surface area contributed by atoms with E-state index in [1.165, 1.54) is 0 Å². The van der Waals surface area contributed by atoms with E-state index < -0.39 is 12.1 Å². The number of alkyl halides is 3. The van der Waals surface area contributed by atoms with Gasteiger partial charge in [-0.2, -0.15) is 18.3 Å². The van der Waals surface area contributed by atoms with E-state index in [-0.39, 0.29) is 30.8 Å². The highest BCUT2D eigenvalue weighted by Crippen LogP contribution is 2.51. The van der Waals surface area contributed by atoms with E-state index in [1.807, 2.05) is 13.2 Å². The van der Waals surface area contributed by atoms with Crippen LogP contribution in [0.25, 0.3) is 0 Å². The van der Waals surface area contributed by atoms with Crippen molar-refractivity contribution in [3.05, 3.63) is 40.8 Å². The second-order valence-electron chi connectivity index (χ2n) is 8.71. The maximum absolute atomic E-state index is 13.1. The van der Waals surface area contributed by atoms with Crippen LogP contribution < -0.4 is 4.90 Å². The van der Waals surface area contributed by atoms with Crippen molar-refractivity contribution in [3.8, 4) is 0 Å². The fourth-order valence-corrected chi connectivity index (χ4v) is 4.72. The third-order valence-corrected chi connectivity index (χ3v) is 6.59. The molecule has 3 aliphatic rings. The summed E-state index contributed by atoms with van der Waals surface area (Å²) in [5, 5.41) is 4.20. The lowest BCUT2D eigenvalue weighted by molar-refractivity contribution is -0.197. The van der Waals surface area contributed by atoms with Crippen molar-refractivity contribution < 1.29 is 22.7 Å². The number of ether oxygens (including phenoxy) is 1. The number of aryl methyl sites for hydroxylation is 1. The Morgan fingerprint density at radius 3 is 2.68 bits per heavy atom. The lowest BCUT2D eigenvalue weighted by Gasteiger charge is -2.38. The predicted octanol–water partition coefficient (Wildman–Crippen LogP) is 3.03. The third-order valence-electron chi connectivity index (χ3n) is 6.59. The van der Waals surface area contributed by atoms with E-state index in [4.69, 9.17) is 9.72 Å². The van der Waals surface area contributed by atoms with Crippen LogP contribution in [-0.2, 0) is 18.3 Å². The zero-order valence-electron chi connectivity index (χ0n) is 17.4. The van der Waals surface area contributed by atoms with Crippen LogP contribution in [0, 0.1) is 5.92 Å². The summed E-state index contributed by atoms with van der Waals surface area (Å²) < 4.78 is 46.8. The van der Waals surface area contributed by atoms with Crippen LogP contribution in [0.3, 0.4) is 0 Å². The standard InChI is InChI=1S/C21H24F3N5O2/c1-27-10-16-15(20(27)30)7-18(26-19(16)12-5-14(6-12)21(22,23)24)29-3-4-31-17(11-29)13-8-25-28(2)9-13/h7-9,12,14,17H,3-6,10-11H2,1-2H3/t12-,14-,17-/m1/s1. The summed E-state index contributed by atoms with van der Waals surface area (Å²) in [6, 6.07) is 1.79. The van der Waals surface area contributed by atoms with Crippen LogP contribution in [0.2, 0.25) is 0 Å². The normalized spacial score (nSPS) is 26.2. The van der Waals surface area contributed by atoms with Gasteiger partial charge in [-0.3, -0.25) is 9.48 Å². The van der Waals surface area contributed by atoms with E-state index >= 15 is 0 Å². The highest BCUT2D eigenvalue weighted by Gasteiger charge is 2.49. The molecule has 1 amide bonds. The van der Waals surface area contributed by atoms with Crippen molar-refractivity contribution in [2.24, 2.45) is 13.0 Å². The number of carbonyl (C=O) groups excluding carboxylic acids is 1. The fourth-order valence-electron chi connectivity index (χ4n) is 4.72. The number of fused-ring (bicyclic) bond motifs is 1. The number of carbonyl (C=O) groups is 1. The maximum atomic E-state index is 13.1. The smallest absolute Gasteiger partial charge is 0.370 e. The van der Waals surface area contributed by atoms with Crippen molar-refractivity contribution in [2.45, 2.75) is 37.6 Å². The largest absolute Gasteiger partial charge is 0.391 e. The summed E-state index contributed by atoms with van der Waals surface area (Å²) in [7, 11) is 3.55. The molecule has 2 aliphatic heterocycles. The topological polar surface area (TPSA) is 63.5 Å². The van der Waals surface area contributed by atoms with Crippen LogP contribution in [-0.4, -0.2) is 58.5 Å². The Bertz CT molecular complexity index is 1010. The van der Waals surface area contributed by atoms with Gasteiger partial charge in [0.2, 0.25) is 0 Å². The molecule has 1 aliphatic carbocycles. The summed E-state index contributed by atoms with van der Waals surface area (Å²) >= 11 is 0. The fraction of sp³-hybridized carbons (Fsp3) is 0.571. The van der Waals surface area contributed by atoms with E-state index in [9.17, 15) is 18.0 Å². The molecule has 2 aromatic rings. The molecule has 1 atom stereocenters. The van der Waals surface area contributed by atoms with Gasteiger partial charge in [0.25, 0.3) is 5.91 Å². The summed E-state index contributed by atoms with van der Waals surface area (Å²) in [6.45, 7) is 2.02. The first-order valence-electron chi connectivity index (χ1n) is 10.4. The quantitative estimate of drug-likeness (QED) is 0.742. The first-order chi connectivity index (χ1) is 14.7. The van der Waals surface area contributed by atoms with Gasteiger partial charge in [-0.05, 0) is 18.9 Å². The highest BCUT2D eigenvalue weighted by molar-refractivity contribution is 5.99. The molecule has 2 aromatic heterocycles. The van der Waals surface area contributed by atoms with Gasteiger partial charge in [0.1, 0.15) is 11.9 Å². The number of nitrogens with zero attached hydrogens (tertiary/aromatic N) is 5.